The van der Waals surface area contributed by atoms with E-state index in [1.807, 2.05) is 36.4 Å². The van der Waals surface area contributed by atoms with Crippen LogP contribution in [0.2, 0.25) is 0 Å². The van der Waals surface area contributed by atoms with Crippen molar-refractivity contribution in [3.63, 3.8) is 0 Å². The summed E-state index contributed by atoms with van der Waals surface area (Å²) in [6.07, 6.45) is -0.929. The van der Waals surface area contributed by atoms with Crippen LogP contribution in [0.1, 0.15) is 17.5 Å². The highest BCUT2D eigenvalue weighted by atomic mass is 19.4. The Morgan fingerprint density at radius 3 is 2.00 bits per heavy atom. The zero-order chi connectivity index (χ0) is 27.7. The summed E-state index contributed by atoms with van der Waals surface area (Å²) in [6.45, 7) is 3.74. The van der Waals surface area contributed by atoms with Gasteiger partial charge in [0.2, 0.25) is 0 Å². The van der Waals surface area contributed by atoms with Crippen LogP contribution in [0.4, 0.5) is 26.3 Å². The van der Waals surface area contributed by atoms with Crippen molar-refractivity contribution >= 4 is 10.8 Å². The van der Waals surface area contributed by atoms with Gasteiger partial charge in [-0.2, -0.15) is 13.2 Å². The molecular weight excluding hydrogens is 510 g/mol. The summed E-state index contributed by atoms with van der Waals surface area (Å²) < 4.78 is 84.2. The van der Waals surface area contributed by atoms with E-state index in [1.54, 1.807) is 18.2 Å². The molecule has 0 aliphatic heterocycles. The van der Waals surface area contributed by atoms with E-state index in [2.05, 4.69) is 6.58 Å². The summed E-state index contributed by atoms with van der Waals surface area (Å²) >= 11 is 0. The molecule has 0 heterocycles. The van der Waals surface area contributed by atoms with E-state index in [9.17, 15) is 17.6 Å². The number of benzene rings is 5. The van der Waals surface area contributed by atoms with E-state index in [0.717, 1.165) is 54.3 Å². The van der Waals surface area contributed by atoms with Gasteiger partial charge in [-0.1, -0.05) is 66.7 Å². The van der Waals surface area contributed by atoms with Gasteiger partial charge >= 0.3 is 6.18 Å². The predicted molar refractivity (Wildman–Crippen MR) is 144 cm³/mol. The molecule has 0 saturated heterocycles. The monoisotopic (exact) mass is 532 g/mol. The molecule has 196 valence electrons. The summed E-state index contributed by atoms with van der Waals surface area (Å²) in [5, 5.41) is 0.847. The van der Waals surface area contributed by atoms with Crippen LogP contribution in [-0.2, 0) is 12.6 Å². The molecule has 0 unspecified atom stereocenters. The second kappa shape index (κ2) is 10.4. The Bertz CT molecular complexity index is 1660. The van der Waals surface area contributed by atoms with Gasteiger partial charge in [0.15, 0.2) is 0 Å². The molecule has 0 nitrogen and oxygen atoms in total. The largest absolute Gasteiger partial charge is 0.416 e. The van der Waals surface area contributed by atoms with E-state index in [4.69, 9.17) is 0 Å². The molecule has 0 aliphatic rings. The fraction of sp³-hybridized carbons (Fsp3) is 0.0909. The third kappa shape index (κ3) is 5.32. The molecule has 0 N–H and O–H groups in total. The molecule has 5 rings (SSSR count). The van der Waals surface area contributed by atoms with Gasteiger partial charge in [-0.25, -0.2) is 13.2 Å². The van der Waals surface area contributed by atoms with Crippen LogP contribution in [0.5, 0.6) is 0 Å². The summed E-state index contributed by atoms with van der Waals surface area (Å²) in [6, 6.07) is 21.8. The first kappa shape index (κ1) is 26.3. The van der Waals surface area contributed by atoms with Gasteiger partial charge in [0.25, 0.3) is 0 Å². The standard InChI is InChI=1S/C33H22F6/c1-2-3-4-20-5-7-21(8-6-20)23-11-15-27-24(17-23)12-16-28(32(27)36)29-18-26(34)19-30(35)31(29)22-9-13-25(14-10-22)33(37,38)39/h2,5-19H,1,3-4H2. The zero-order valence-corrected chi connectivity index (χ0v) is 20.6. The molecular formula is C33H22F6. The average molecular weight is 533 g/mol. The molecule has 5 aromatic carbocycles. The Labute approximate surface area is 221 Å². The number of fused-ring (bicyclic) bond motifs is 1. The van der Waals surface area contributed by atoms with Gasteiger partial charge in [0.05, 0.1) is 5.56 Å². The van der Waals surface area contributed by atoms with Crippen LogP contribution < -0.4 is 0 Å². The quantitative estimate of drug-likeness (QED) is 0.151. The third-order valence-corrected chi connectivity index (χ3v) is 6.72. The lowest BCUT2D eigenvalue weighted by atomic mass is 9.91. The number of allylic oxidation sites excluding steroid dienone is 1. The Hall–Kier alpha value is -4.32. The number of halogens is 6. The topological polar surface area (TPSA) is 0 Å². The second-order valence-electron chi connectivity index (χ2n) is 9.27. The number of hydrogen-bond donors (Lipinski definition) is 0. The number of alkyl halides is 3. The van der Waals surface area contributed by atoms with Crippen LogP contribution in [-0.4, -0.2) is 0 Å². The first-order valence-electron chi connectivity index (χ1n) is 12.3. The minimum Gasteiger partial charge on any atom is -0.207 e. The van der Waals surface area contributed by atoms with E-state index < -0.39 is 29.2 Å². The first-order chi connectivity index (χ1) is 18.7. The lowest BCUT2D eigenvalue weighted by Gasteiger charge is -2.15. The fourth-order valence-corrected chi connectivity index (χ4v) is 4.72. The molecule has 0 radical (unpaired) electrons. The summed E-state index contributed by atoms with van der Waals surface area (Å²) in [5.41, 5.74) is 1.85. The van der Waals surface area contributed by atoms with Gasteiger partial charge in [0.1, 0.15) is 17.5 Å². The Kier molecular flexibility index (Phi) is 7.04. The zero-order valence-electron chi connectivity index (χ0n) is 20.6. The molecule has 0 atom stereocenters. The highest BCUT2D eigenvalue weighted by Crippen LogP contribution is 2.40. The smallest absolute Gasteiger partial charge is 0.207 e. The molecule has 0 bridgehead atoms. The first-order valence-corrected chi connectivity index (χ1v) is 12.3. The maximum Gasteiger partial charge on any atom is 0.416 e. The van der Waals surface area contributed by atoms with Gasteiger partial charge < -0.3 is 0 Å². The van der Waals surface area contributed by atoms with Crippen LogP contribution in [0.3, 0.4) is 0 Å². The van der Waals surface area contributed by atoms with E-state index >= 15 is 8.78 Å². The van der Waals surface area contributed by atoms with Crippen molar-refractivity contribution < 1.29 is 26.3 Å². The second-order valence-corrected chi connectivity index (χ2v) is 9.27. The SMILES string of the molecule is C=CCCc1ccc(-c2ccc3c(F)c(-c4cc(F)cc(F)c4-c4ccc(C(F)(F)F)cc4)ccc3c2)cc1. The van der Waals surface area contributed by atoms with Crippen LogP contribution >= 0.6 is 0 Å². The molecule has 5 aromatic rings. The Balaban J connectivity index is 1.57. The summed E-state index contributed by atoms with van der Waals surface area (Å²) in [5.74, 6) is -2.61. The maximum atomic E-state index is 15.8. The Morgan fingerprint density at radius 2 is 1.33 bits per heavy atom. The molecule has 6 heteroatoms. The molecule has 39 heavy (non-hydrogen) atoms. The lowest BCUT2D eigenvalue weighted by Crippen LogP contribution is -2.04. The number of rotatable bonds is 6. The molecule has 0 spiro atoms. The maximum absolute atomic E-state index is 15.8. The van der Waals surface area contributed by atoms with Crippen molar-refractivity contribution in [2.45, 2.75) is 19.0 Å². The molecule has 0 saturated carbocycles. The minimum absolute atomic E-state index is 0.0601. The summed E-state index contributed by atoms with van der Waals surface area (Å²) in [7, 11) is 0. The highest BCUT2D eigenvalue weighted by Gasteiger charge is 2.30. The van der Waals surface area contributed by atoms with Gasteiger partial charge in [-0.15, -0.1) is 6.58 Å². The Morgan fingerprint density at radius 1 is 0.667 bits per heavy atom. The fourth-order valence-electron chi connectivity index (χ4n) is 4.72. The molecule has 0 fully saturated rings. The van der Waals surface area contributed by atoms with Crippen molar-refractivity contribution in [2.75, 3.05) is 0 Å². The van der Waals surface area contributed by atoms with E-state index in [1.165, 1.54) is 11.6 Å². The third-order valence-electron chi connectivity index (χ3n) is 6.72. The van der Waals surface area contributed by atoms with Crippen molar-refractivity contribution in [3.8, 4) is 33.4 Å². The van der Waals surface area contributed by atoms with E-state index in [0.29, 0.717) is 11.5 Å². The molecule has 0 aliphatic carbocycles. The minimum atomic E-state index is -4.57. The van der Waals surface area contributed by atoms with E-state index in [-0.39, 0.29) is 27.6 Å². The average Bonchev–Trinajstić information content (AvgIpc) is 2.91. The number of hydrogen-bond acceptors (Lipinski definition) is 0. The van der Waals surface area contributed by atoms with Gasteiger partial charge in [-0.05, 0) is 70.3 Å². The normalized spacial score (nSPS) is 11.6. The van der Waals surface area contributed by atoms with Crippen LogP contribution in [0.15, 0.2) is 104 Å². The lowest BCUT2D eigenvalue weighted by molar-refractivity contribution is -0.137. The summed E-state index contributed by atoms with van der Waals surface area (Å²) in [4.78, 5) is 0. The van der Waals surface area contributed by atoms with Crippen molar-refractivity contribution in [2.24, 2.45) is 0 Å². The van der Waals surface area contributed by atoms with Crippen molar-refractivity contribution in [1.82, 2.24) is 0 Å². The predicted octanol–water partition coefficient (Wildman–Crippen LogP) is 10.4. The highest BCUT2D eigenvalue weighted by molar-refractivity contribution is 5.94. The van der Waals surface area contributed by atoms with Gasteiger partial charge in [-0.3, -0.25) is 0 Å². The van der Waals surface area contributed by atoms with Crippen molar-refractivity contribution in [1.29, 1.82) is 0 Å². The van der Waals surface area contributed by atoms with Crippen LogP contribution in [0, 0.1) is 17.5 Å². The number of aryl methyl sites for hydroxylation is 1. The van der Waals surface area contributed by atoms with Crippen LogP contribution in [0.25, 0.3) is 44.2 Å². The molecule has 0 aromatic heterocycles. The van der Waals surface area contributed by atoms with Gasteiger partial charge in [0, 0.05) is 22.6 Å². The van der Waals surface area contributed by atoms with Crippen molar-refractivity contribution in [3.05, 3.63) is 132 Å². The molecule has 0 amide bonds.